The van der Waals surface area contributed by atoms with Gasteiger partial charge in [0.05, 0.1) is 19.1 Å². The summed E-state index contributed by atoms with van der Waals surface area (Å²) in [4.78, 5) is 27.8. The average Bonchev–Trinajstić information content (AvgIpc) is 3.32. The molecule has 3 rings (SSSR count). The van der Waals surface area contributed by atoms with Gasteiger partial charge in [0.1, 0.15) is 18.3 Å². The molecule has 1 aliphatic heterocycles. The molecule has 11 heteroatoms. The Morgan fingerprint density at radius 3 is 2.58 bits per heavy atom. The van der Waals surface area contributed by atoms with Gasteiger partial charge >= 0.3 is 0 Å². The molecule has 1 aliphatic rings. The number of benzene rings is 2. The van der Waals surface area contributed by atoms with Crippen LogP contribution in [0, 0.1) is 0 Å². The van der Waals surface area contributed by atoms with Crippen molar-refractivity contribution in [3.8, 4) is 17.2 Å². The molecule has 36 heavy (non-hydrogen) atoms. The molecule has 2 aromatic carbocycles. The van der Waals surface area contributed by atoms with Gasteiger partial charge in [0.2, 0.25) is 28.6 Å². The fourth-order valence-corrected chi connectivity index (χ4v) is 4.58. The van der Waals surface area contributed by atoms with Gasteiger partial charge in [0, 0.05) is 19.2 Å². The molecule has 0 saturated carbocycles. The molecule has 0 spiro atoms. The standard InChI is InChI=1S/C25H33N3O7S/c1-5-6-12-26-25(30)18(2)27(15-19-8-7-9-21(13-19)33-3)24(29)16-28(36(4,31)32)20-10-11-22-23(14-20)35-17-34-22/h7-11,13-14,18H,5-6,12,15-17H2,1-4H3,(H,26,30)/t18-/m1/s1. The maximum Gasteiger partial charge on any atom is 0.244 e. The van der Waals surface area contributed by atoms with Crippen molar-refractivity contribution in [1.29, 1.82) is 0 Å². The first kappa shape index (κ1) is 27.1. The van der Waals surface area contributed by atoms with Crippen LogP contribution < -0.4 is 23.8 Å². The number of unbranched alkanes of at least 4 members (excludes halogenated alkanes) is 1. The third-order valence-corrected chi connectivity index (χ3v) is 6.95. The Morgan fingerprint density at radius 2 is 1.89 bits per heavy atom. The highest BCUT2D eigenvalue weighted by molar-refractivity contribution is 7.92. The Morgan fingerprint density at radius 1 is 1.14 bits per heavy atom. The van der Waals surface area contributed by atoms with Crippen molar-refractivity contribution in [2.45, 2.75) is 39.3 Å². The number of nitrogens with zero attached hydrogens (tertiary/aromatic N) is 2. The van der Waals surface area contributed by atoms with E-state index in [1.807, 2.05) is 13.0 Å². The lowest BCUT2D eigenvalue weighted by Crippen LogP contribution is -2.51. The van der Waals surface area contributed by atoms with Crippen molar-refractivity contribution in [3.05, 3.63) is 48.0 Å². The van der Waals surface area contributed by atoms with E-state index in [2.05, 4.69) is 5.32 Å². The molecule has 0 aromatic heterocycles. The van der Waals surface area contributed by atoms with Gasteiger partial charge in [0.25, 0.3) is 0 Å². The predicted molar refractivity (Wildman–Crippen MR) is 136 cm³/mol. The summed E-state index contributed by atoms with van der Waals surface area (Å²) in [5.74, 6) is 0.659. The van der Waals surface area contributed by atoms with Crippen molar-refractivity contribution < 1.29 is 32.2 Å². The fourth-order valence-electron chi connectivity index (χ4n) is 3.74. The van der Waals surface area contributed by atoms with Crippen molar-refractivity contribution in [2.24, 2.45) is 0 Å². The van der Waals surface area contributed by atoms with Crippen LogP contribution in [0.25, 0.3) is 0 Å². The Kier molecular flexibility index (Phi) is 9.03. The van der Waals surface area contributed by atoms with Crippen LogP contribution in [0.4, 0.5) is 5.69 Å². The van der Waals surface area contributed by atoms with Crippen LogP contribution in [0.3, 0.4) is 0 Å². The number of amides is 2. The SMILES string of the molecule is CCCCNC(=O)[C@@H](C)N(Cc1cccc(OC)c1)C(=O)CN(c1ccc2c(c1)OCO2)S(C)(=O)=O. The molecule has 0 saturated heterocycles. The van der Waals surface area contributed by atoms with E-state index in [0.29, 0.717) is 23.8 Å². The van der Waals surface area contributed by atoms with Crippen molar-refractivity contribution in [2.75, 3.05) is 37.6 Å². The Balaban J connectivity index is 1.89. The van der Waals surface area contributed by atoms with Crippen LogP contribution in [0.2, 0.25) is 0 Å². The van der Waals surface area contributed by atoms with Crippen molar-refractivity contribution in [3.63, 3.8) is 0 Å². The largest absolute Gasteiger partial charge is 0.497 e. The maximum atomic E-state index is 13.6. The normalized spacial score (nSPS) is 13.1. The molecule has 0 radical (unpaired) electrons. The summed E-state index contributed by atoms with van der Waals surface area (Å²) in [6.45, 7) is 3.78. The highest BCUT2D eigenvalue weighted by Gasteiger charge is 2.30. The summed E-state index contributed by atoms with van der Waals surface area (Å²) in [5.41, 5.74) is 1.00. The third kappa shape index (κ3) is 6.81. The van der Waals surface area contributed by atoms with E-state index in [1.54, 1.807) is 44.4 Å². The summed E-state index contributed by atoms with van der Waals surface area (Å²) < 4.78 is 42.3. The Bertz CT molecular complexity index is 1190. The number of carbonyl (C=O) groups excluding carboxylic acids is 2. The van der Waals surface area contributed by atoms with Crippen molar-refractivity contribution >= 4 is 27.5 Å². The molecular formula is C25H33N3O7S. The number of ether oxygens (including phenoxy) is 3. The minimum absolute atomic E-state index is 0.0373. The monoisotopic (exact) mass is 519 g/mol. The van der Waals surface area contributed by atoms with Crippen LogP contribution in [0.5, 0.6) is 17.2 Å². The highest BCUT2D eigenvalue weighted by Crippen LogP contribution is 2.36. The summed E-state index contributed by atoms with van der Waals surface area (Å²) in [6.07, 6.45) is 2.76. The van der Waals surface area contributed by atoms with Crippen LogP contribution >= 0.6 is 0 Å². The lowest BCUT2D eigenvalue weighted by molar-refractivity contribution is -0.139. The summed E-state index contributed by atoms with van der Waals surface area (Å²) >= 11 is 0. The number of anilines is 1. The van der Waals surface area contributed by atoms with E-state index in [-0.39, 0.29) is 24.9 Å². The van der Waals surface area contributed by atoms with Gasteiger partial charge in [0.15, 0.2) is 11.5 Å². The zero-order valence-electron chi connectivity index (χ0n) is 21.0. The first-order chi connectivity index (χ1) is 17.1. The Labute approximate surface area is 212 Å². The molecule has 2 amide bonds. The number of hydrogen-bond donors (Lipinski definition) is 1. The molecule has 2 aromatic rings. The van der Waals surface area contributed by atoms with E-state index in [4.69, 9.17) is 14.2 Å². The van der Waals surface area contributed by atoms with Gasteiger partial charge in [-0.1, -0.05) is 25.5 Å². The predicted octanol–water partition coefficient (Wildman–Crippen LogP) is 2.52. The second-order valence-corrected chi connectivity index (χ2v) is 10.4. The molecule has 0 unspecified atom stereocenters. The second kappa shape index (κ2) is 12.0. The number of carbonyl (C=O) groups is 2. The minimum atomic E-state index is -3.84. The van der Waals surface area contributed by atoms with Crippen LogP contribution in [0.15, 0.2) is 42.5 Å². The molecule has 1 atom stereocenters. The number of fused-ring (bicyclic) bond motifs is 1. The van der Waals surface area contributed by atoms with E-state index in [1.165, 1.54) is 11.0 Å². The van der Waals surface area contributed by atoms with Crippen LogP contribution in [-0.2, 0) is 26.2 Å². The number of nitrogens with one attached hydrogen (secondary N) is 1. The molecule has 196 valence electrons. The molecule has 10 nitrogen and oxygen atoms in total. The maximum absolute atomic E-state index is 13.6. The van der Waals surface area contributed by atoms with Gasteiger partial charge in [-0.3, -0.25) is 13.9 Å². The molecule has 0 aliphatic carbocycles. The van der Waals surface area contributed by atoms with Gasteiger partial charge < -0.3 is 24.4 Å². The van der Waals surface area contributed by atoms with Crippen LogP contribution in [-0.4, -0.2) is 64.4 Å². The zero-order valence-corrected chi connectivity index (χ0v) is 21.8. The fraction of sp³-hybridized carbons (Fsp3) is 0.440. The van der Waals surface area contributed by atoms with Gasteiger partial charge in [-0.25, -0.2) is 8.42 Å². The third-order valence-electron chi connectivity index (χ3n) is 5.81. The zero-order chi connectivity index (χ0) is 26.3. The molecular weight excluding hydrogens is 486 g/mol. The molecule has 1 heterocycles. The lowest BCUT2D eigenvalue weighted by atomic mass is 10.1. The number of rotatable bonds is 12. The summed E-state index contributed by atoms with van der Waals surface area (Å²) in [7, 11) is -2.30. The Hall–Kier alpha value is -3.47. The van der Waals surface area contributed by atoms with E-state index >= 15 is 0 Å². The summed E-state index contributed by atoms with van der Waals surface area (Å²) in [6, 6.07) is 11.0. The summed E-state index contributed by atoms with van der Waals surface area (Å²) in [5, 5.41) is 2.85. The number of sulfonamides is 1. The van der Waals surface area contributed by atoms with Gasteiger partial charge in [-0.05, 0) is 43.2 Å². The molecule has 0 fully saturated rings. The molecule has 1 N–H and O–H groups in total. The van der Waals surface area contributed by atoms with E-state index < -0.39 is 28.5 Å². The van der Waals surface area contributed by atoms with Gasteiger partial charge in [-0.15, -0.1) is 0 Å². The quantitative estimate of drug-likeness (QED) is 0.429. The number of methoxy groups -OCH3 is 1. The highest BCUT2D eigenvalue weighted by atomic mass is 32.2. The topological polar surface area (TPSA) is 114 Å². The van der Waals surface area contributed by atoms with Crippen LogP contribution in [0.1, 0.15) is 32.3 Å². The van der Waals surface area contributed by atoms with E-state index in [0.717, 1.165) is 29.0 Å². The smallest absolute Gasteiger partial charge is 0.244 e. The van der Waals surface area contributed by atoms with Gasteiger partial charge in [-0.2, -0.15) is 0 Å². The first-order valence-corrected chi connectivity index (χ1v) is 13.6. The molecule has 0 bridgehead atoms. The lowest BCUT2D eigenvalue weighted by Gasteiger charge is -2.31. The van der Waals surface area contributed by atoms with E-state index in [9.17, 15) is 18.0 Å². The minimum Gasteiger partial charge on any atom is -0.497 e. The average molecular weight is 520 g/mol. The second-order valence-electron chi connectivity index (χ2n) is 8.50. The van der Waals surface area contributed by atoms with Crippen molar-refractivity contribution in [1.82, 2.24) is 10.2 Å². The first-order valence-electron chi connectivity index (χ1n) is 11.7. The number of hydrogen-bond acceptors (Lipinski definition) is 7.